The first-order valence-corrected chi connectivity index (χ1v) is 7.94. The molecule has 0 radical (unpaired) electrons. The van der Waals surface area contributed by atoms with Crippen molar-refractivity contribution in [2.75, 3.05) is 5.32 Å². The van der Waals surface area contributed by atoms with Crippen LogP contribution in [-0.2, 0) is 6.54 Å². The minimum atomic E-state index is 0.286. The number of nitriles is 1. The van der Waals surface area contributed by atoms with E-state index in [9.17, 15) is 0 Å². The molecule has 3 aromatic rings. The summed E-state index contributed by atoms with van der Waals surface area (Å²) in [6.07, 6.45) is 0. The normalized spacial score (nSPS) is 10.2. The van der Waals surface area contributed by atoms with E-state index in [0.29, 0.717) is 22.4 Å². The number of aromatic nitrogens is 2. The predicted octanol–water partition coefficient (Wildman–Crippen LogP) is 4.93. The van der Waals surface area contributed by atoms with Gasteiger partial charge in [0.2, 0.25) is 0 Å². The van der Waals surface area contributed by atoms with Crippen molar-refractivity contribution in [3.63, 3.8) is 0 Å². The first-order chi connectivity index (χ1) is 11.7. The van der Waals surface area contributed by atoms with Gasteiger partial charge in [-0.05, 0) is 35.4 Å². The summed E-state index contributed by atoms with van der Waals surface area (Å²) in [7, 11) is 0. The van der Waals surface area contributed by atoms with Crippen LogP contribution in [0.25, 0.3) is 11.1 Å². The van der Waals surface area contributed by atoms with Crippen molar-refractivity contribution in [3.8, 4) is 17.2 Å². The molecule has 1 aromatic heterocycles. The fourth-order valence-electron chi connectivity index (χ4n) is 2.32. The van der Waals surface area contributed by atoms with E-state index >= 15 is 0 Å². The highest BCUT2D eigenvalue weighted by molar-refractivity contribution is 6.36. The number of rotatable bonds is 4. The Hall–Kier alpha value is -2.61. The summed E-state index contributed by atoms with van der Waals surface area (Å²) in [6, 6.07) is 18.7. The highest BCUT2D eigenvalue weighted by Gasteiger charge is 2.09. The van der Waals surface area contributed by atoms with Gasteiger partial charge in [-0.15, -0.1) is 10.2 Å². The highest BCUT2D eigenvalue weighted by atomic mass is 35.5. The lowest BCUT2D eigenvalue weighted by Crippen LogP contribution is -2.04. The summed E-state index contributed by atoms with van der Waals surface area (Å²) >= 11 is 12.3. The molecule has 24 heavy (non-hydrogen) atoms. The molecule has 3 rings (SSSR count). The van der Waals surface area contributed by atoms with Crippen LogP contribution < -0.4 is 5.32 Å². The van der Waals surface area contributed by atoms with Crippen LogP contribution in [0.5, 0.6) is 0 Å². The van der Waals surface area contributed by atoms with Crippen LogP contribution in [-0.4, -0.2) is 10.2 Å². The van der Waals surface area contributed by atoms with Gasteiger partial charge < -0.3 is 5.32 Å². The van der Waals surface area contributed by atoms with E-state index in [1.807, 2.05) is 42.5 Å². The second-order valence-electron chi connectivity index (χ2n) is 5.05. The van der Waals surface area contributed by atoms with Crippen molar-refractivity contribution < 1.29 is 0 Å². The second kappa shape index (κ2) is 7.31. The summed E-state index contributed by atoms with van der Waals surface area (Å²) in [4.78, 5) is 0. The maximum atomic E-state index is 8.75. The van der Waals surface area contributed by atoms with Crippen molar-refractivity contribution in [2.45, 2.75) is 6.54 Å². The zero-order valence-electron chi connectivity index (χ0n) is 12.5. The van der Waals surface area contributed by atoms with Crippen LogP contribution in [0, 0.1) is 11.3 Å². The van der Waals surface area contributed by atoms with Crippen LogP contribution in [0.4, 0.5) is 5.82 Å². The Morgan fingerprint density at radius 3 is 2.50 bits per heavy atom. The number of anilines is 1. The quantitative estimate of drug-likeness (QED) is 0.721. The molecule has 0 saturated carbocycles. The fourth-order valence-corrected chi connectivity index (χ4v) is 2.83. The van der Waals surface area contributed by atoms with Gasteiger partial charge in [0, 0.05) is 22.2 Å². The molecule has 0 bridgehead atoms. The lowest BCUT2D eigenvalue weighted by atomic mass is 9.99. The minimum absolute atomic E-state index is 0.286. The average molecular weight is 355 g/mol. The molecule has 0 fully saturated rings. The molecule has 0 atom stereocenters. The second-order valence-corrected chi connectivity index (χ2v) is 5.89. The topological polar surface area (TPSA) is 61.6 Å². The number of nitrogens with zero attached hydrogens (tertiary/aromatic N) is 3. The van der Waals surface area contributed by atoms with Crippen LogP contribution in [0.3, 0.4) is 0 Å². The Kier molecular flexibility index (Phi) is 4.95. The summed E-state index contributed by atoms with van der Waals surface area (Å²) in [5.74, 6) is 0.603. The van der Waals surface area contributed by atoms with Gasteiger partial charge in [0.1, 0.15) is 11.9 Å². The van der Waals surface area contributed by atoms with E-state index in [-0.39, 0.29) is 5.69 Å². The van der Waals surface area contributed by atoms with Gasteiger partial charge in [-0.3, -0.25) is 0 Å². The van der Waals surface area contributed by atoms with E-state index < -0.39 is 0 Å². The van der Waals surface area contributed by atoms with Crippen LogP contribution in [0.15, 0.2) is 54.6 Å². The van der Waals surface area contributed by atoms with Crippen molar-refractivity contribution in [3.05, 3.63) is 75.9 Å². The molecule has 0 saturated heterocycles. The maximum Gasteiger partial charge on any atom is 0.163 e. The monoisotopic (exact) mass is 354 g/mol. The zero-order chi connectivity index (χ0) is 16.9. The molecular weight excluding hydrogens is 343 g/mol. The average Bonchev–Trinajstić information content (AvgIpc) is 2.61. The van der Waals surface area contributed by atoms with Gasteiger partial charge in [0.25, 0.3) is 0 Å². The highest BCUT2D eigenvalue weighted by Crippen LogP contribution is 2.32. The Balaban J connectivity index is 1.85. The van der Waals surface area contributed by atoms with Crippen molar-refractivity contribution >= 4 is 29.0 Å². The summed E-state index contributed by atoms with van der Waals surface area (Å²) < 4.78 is 0. The number of hydrogen-bond acceptors (Lipinski definition) is 4. The van der Waals surface area contributed by atoms with Crippen molar-refractivity contribution in [1.82, 2.24) is 10.2 Å². The Morgan fingerprint density at radius 1 is 0.958 bits per heavy atom. The lowest BCUT2D eigenvalue weighted by Gasteiger charge is -2.12. The predicted molar refractivity (Wildman–Crippen MR) is 96.0 cm³/mol. The van der Waals surface area contributed by atoms with Crippen LogP contribution in [0.1, 0.15) is 11.3 Å². The molecule has 0 unspecified atom stereocenters. The molecule has 118 valence electrons. The summed E-state index contributed by atoms with van der Waals surface area (Å²) in [5, 5.41) is 20.9. The number of halogens is 2. The first-order valence-electron chi connectivity index (χ1n) is 7.18. The van der Waals surface area contributed by atoms with Gasteiger partial charge in [0.05, 0.1) is 0 Å². The van der Waals surface area contributed by atoms with Crippen molar-refractivity contribution in [1.29, 1.82) is 5.26 Å². The van der Waals surface area contributed by atoms with Crippen molar-refractivity contribution in [2.24, 2.45) is 0 Å². The number of nitrogens with one attached hydrogen (secondary N) is 1. The third kappa shape index (κ3) is 3.65. The summed E-state index contributed by atoms with van der Waals surface area (Å²) in [5.41, 5.74) is 3.29. The largest absolute Gasteiger partial charge is 0.364 e. The molecule has 1 N–H and O–H groups in total. The van der Waals surface area contributed by atoms with Gasteiger partial charge in [-0.1, -0.05) is 53.5 Å². The van der Waals surface area contributed by atoms with E-state index in [2.05, 4.69) is 15.5 Å². The van der Waals surface area contributed by atoms with Gasteiger partial charge >= 0.3 is 0 Å². The van der Waals surface area contributed by atoms with Crippen LogP contribution in [0.2, 0.25) is 10.0 Å². The SMILES string of the molecule is N#Cc1ccc(NCc2ccccc2-c2ccc(Cl)cc2Cl)nn1. The molecule has 1 heterocycles. The van der Waals surface area contributed by atoms with Gasteiger partial charge in [0.15, 0.2) is 5.69 Å². The lowest BCUT2D eigenvalue weighted by molar-refractivity contribution is 0.985. The number of hydrogen-bond donors (Lipinski definition) is 1. The molecule has 0 amide bonds. The van der Waals surface area contributed by atoms with E-state index in [1.54, 1.807) is 18.2 Å². The van der Waals surface area contributed by atoms with E-state index in [1.165, 1.54) is 0 Å². The van der Waals surface area contributed by atoms with E-state index in [4.69, 9.17) is 28.5 Å². The molecule has 4 nitrogen and oxygen atoms in total. The molecular formula is C18H12Cl2N4. The van der Waals surface area contributed by atoms with Crippen LogP contribution >= 0.6 is 23.2 Å². The van der Waals surface area contributed by atoms with Gasteiger partial charge in [-0.2, -0.15) is 5.26 Å². The fraction of sp³-hybridized carbons (Fsp3) is 0.0556. The molecule has 2 aromatic carbocycles. The maximum absolute atomic E-state index is 8.75. The standard InChI is InChI=1S/C18H12Cl2N4/c19-13-5-7-16(17(20)9-13)15-4-2-1-3-12(15)11-22-18-8-6-14(10-21)23-24-18/h1-9H,11H2,(H,22,24). The Bertz CT molecular complexity index is 902. The number of benzene rings is 2. The van der Waals surface area contributed by atoms with Gasteiger partial charge in [-0.25, -0.2) is 0 Å². The third-order valence-corrected chi connectivity index (χ3v) is 4.03. The van der Waals surface area contributed by atoms with E-state index in [0.717, 1.165) is 16.7 Å². The minimum Gasteiger partial charge on any atom is -0.364 e. The molecule has 0 aliphatic rings. The molecule has 0 aliphatic carbocycles. The third-order valence-electron chi connectivity index (χ3n) is 3.48. The molecule has 0 aliphatic heterocycles. The Morgan fingerprint density at radius 2 is 1.79 bits per heavy atom. The molecule has 6 heteroatoms. The summed E-state index contributed by atoms with van der Waals surface area (Å²) in [6.45, 7) is 0.551. The zero-order valence-corrected chi connectivity index (χ0v) is 14.0. The first kappa shape index (κ1) is 16.3. The molecule has 0 spiro atoms. The smallest absolute Gasteiger partial charge is 0.163 e. The Labute approximate surface area is 149 Å².